The summed E-state index contributed by atoms with van der Waals surface area (Å²) in [4.78, 5) is 0. The molecule has 0 fully saturated rings. The summed E-state index contributed by atoms with van der Waals surface area (Å²) >= 11 is 6.42. The highest BCUT2D eigenvalue weighted by molar-refractivity contribution is 6.22. The molecule has 2 rings (SSSR count). The number of hydroxylamine groups is 1. The SMILES string of the molecule is CCC(C)(C)c1ccc(O)c(N(O)C(Cl)c2cc(OC)cc(OC)c2O)c1. The van der Waals surface area contributed by atoms with Crippen molar-refractivity contribution in [3.63, 3.8) is 0 Å². The van der Waals surface area contributed by atoms with Crippen LogP contribution in [0.25, 0.3) is 0 Å². The minimum absolute atomic E-state index is 0.131. The molecular weight excluding hydrogens is 370 g/mol. The molecule has 27 heavy (non-hydrogen) atoms. The van der Waals surface area contributed by atoms with E-state index < -0.39 is 5.50 Å². The van der Waals surface area contributed by atoms with E-state index in [0.717, 1.165) is 12.0 Å². The second-order valence-electron chi connectivity index (χ2n) is 6.89. The maximum Gasteiger partial charge on any atom is 0.164 e. The highest BCUT2D eigenvalue weighted by Crippen LogP contribution is 2.44. The Bertz CT molecular complexity index is 809. The van der Waals surface area contributed by atoms with Crippen LogP contribution in [0.4, 0.5) is 5.69 Å². The van der Waals surface area contributed by atoms with Gasteiger partial charge in [0, 0.05) is 11.6 Å². The third kappa shape index (κ3) is 4.17. The molecule has 2 aromatic rings. The number of rotatable bonds is 7. The van der Waals surface area contributed by atoms with Crippen molar-refractivity contribution >= 4 is 17.3 Å². The average Bonchev–Trinajstić information content (AvgIpc) is 2.67. The molecule has 0 saturated carbocycles. The maximum atomic E-state index is 10.7. The highest BCUT2D eigenvalue weighted by Gasteiger charge is 2.27. The predicted molar refractivity (Wildman–Crippen MR) is 105 cm³/mol. The number of methoxy groups -OCH3 is 2. The summed E-state index contributed by atoms with van der Waals surface area (Å²) in [7, 11) is 2.87. The Labute approximate surface area is 164 Å². The van der Waals surface area contributed by atoms with E-state index in [1.54, 1.807) is 6.07 Å². The van der Waals surface area contributed by atoms with Crippen LogP contribution in [0.1, 0.15) is 43.8 Å². The zero-order chi connectivity index (χ0) is 20.4. The Balaban J connectivity index is 2.49. The lowest BCUT2D eigenvalue weighted by atomic mass is 9.82. The Hall–Kier alpha value is -2.31. The molecule has 0 radical (unpaired) electrons. The van der Waals surface area contributed by atoms with E-state index in [2.05, 4.69) is 20.8 Å². The molecule has 2 aromatic carbocycles. The average molecular weight is 396 g/mol. The van der Waals surface area contributed by atoms with Crippen molar-refractivity contribution in [1.82, 2.24) is 0 Å². The summed E-state index contributed by atoms with van der Waals surface area (Å²) in [6.07, 6.45) is 0.876. The fourth-order valence-electron chi connectivity index (χ4n) is 2.64. The monoisotopic (exact) mass is 395 g/mol. The largest absolute Gasteiger partial charge is 0.506 e. The van der Waals surface area contributed by atoms with Gasteiger partial charge in [0.25, 0.3) is 0 Å². The molecule has 1 atom stereocenters. The van der Waals surface area contributed by atoms with Gasteiger partial charge < -0.3 is 19.7 Å². The molecule has 0 amide bonds. The van der Waals surface area contributed by atoms with Gasteiger partial charge in [0.1, 0.15) is 17.2 Å². The van der Waals surface area contributed by atoms with Gasteiger partial charge >= 0.3 is 0 Å². The second kappa shape index (κ2) is 8.15. The number of phenolic OH excluding ortho intramolecular Hbond substituents is 2. The first kappa shape index (κ1) is 21.0. The summed E-state index contributed by atoms with van der Waals surface area (Å²) < 4.78 is 10.3. The van der Waals surface area contributed by atoms with Crippen molar-refractivity contribution in [2.45, 2.75) is 38.1 Å². The molecule has 0 heterocycles. The predicted octanol–water partition coefficient (Wildman–Crippen LogP) is 4.94. The van der Waals surface area contributed by atoms with E-state index in [0.29, 0.717) is 10.8 Å². The van der Waals surface area contributed by atoms with Crippen molar-refractivity contribution in [3.8, 4) is 23.0 Å². The first-order chi connectivity index (χ1) is 12.7. The number of nitrogens with zero attached hydrogens (tertiary/aromatic N) is 1. The molecule has 7 heteroatoms. The molecule has 3 N–H and O–H groups in total. The van der Waals surface area contributed by atoms with E-state index in [4.69, 9.17) is 21.1 Å². The number of hydrogen-bond donors (Lipinski definition) is 3. The number of ether oxygens (including phenoxy) is 2. The molecule has 0 aliphatic rings. The molecule has 0 aliphatic heterocycles. The smallest absolute Gasteiger partial charge is 0.164 e. The molecular formula is C20H26ClNO5. The summed E-state index contributed by atoms with van der Waals surface area (Å²) in [6.45, 7) is 6.21. The minimum Gasteiger partial charge on any atom is -0.506 e. The Morgan fingerprint density at radius 3 is 2.33 bits per heavy atom. The Kier molecular flexibility index (Phi) is 6.34. The normalized spacial score (nSPS) is 12.6. The highest BCUT2D eigenvalue weighted by atomic mass is 35.5. The van der Waals surface area contributed by atoms with E-state index in [9.17, 15) is 15.4 Å². The molecule has 0 aliphatic carbocycles. The van der Waals surface area contributed by atoms with Crippen molar-refractivity contribution in [2.24, 2.45) is 0 Å². The lowest BCUT2D eigenvalue weighted by Crippen LogP contribution is -2.22. The van der Waals surface area contributed by atoms with E-state index >= 15 is 0 Å². The number of benzene rings is 2. The van der Waals surface area contributed by atoms with Crippen molar-refractivity contribution in [2.75, 3.05) is 19.3 Å². The minimum atomic E-state index is -1.19. The number of halogens is 1. The Morgan fingerprint density at radius 2 is 1.78 bits per heavy atom. The van der Waals surface area contributed by atoms with Crippen LogP contribution in [-0.2, 0) is 5.41 Å². The van der Waals surface area contributed by atoms with Crippen LogP contribution in [-0.4, -0.2) is 29.6 Å². The zero-order valence-electron chi connectivity index (χ0n) is 16.2. The zero-order valence-corrected chi connectivity index (χ0v) is 16.9. The van der Waals surface area contributed by atoms with Gasteiger partial charge in [0.05, 0.1) is 14.2 Å². The molecule has 0 spiro atoms. The fourth-order valence-corrected chi connectivity index (χ4v) is 2.92. The van der Waals surface area contributed by atoms with Crippen LogP contribution in [0, 0.1) is 0 Å². The topological polar surface area (TPSA) is 82.4 Å². The van der Waals surface area contributed by atoms with Gasteiger partial charge in [-0.05, 0) is 35.6 Å². The molecule has 0 saturated heterocycles. The van der Waals surface area contributed by atoms with Crippen LogP contribution in [0.2, 0.25) is 0 Å². The van der Waals surface area contributed by atoms with E-state index in [-0.39, 0.29) is 33.9 Å². The number of phenols is 2. The van der Waals surface area contributed by atoms with Crippen molar-refractivity contribution in [1.29, 1.82) is 0 Å². The summed E-state index contributed by atoms with van der Waals surface area (Å²) in [6, 6.07) is 8.01. The first-order valence-corrected chi connectivity index (χ1v) is 9.00. The summed E-state index contributed by atoms with van der Waals surface area (Å²) in [5.74, 6) is 0.215. The van der Waals surface area contributed by atoms with E-state index in [1.807, 2.05) is 6.07 Å². The number of hydrogen-bond acceptors (Lipinski definition) is 6. The van der Waals surface area contributed by atoms with Gasteiger partial charge in [-0.1, -0.05) is 38.4 Å². The summed E-state index contributed by atoms with van der Waals surface area (Å²) in [5, 5.41) is 32.0. The molecule has 0 bridgehead atoms. The number of alkyl halides is 1. The van der Waals surface area contributed by atoms with Gasteiger partial charge in [0.15, 0.2) is 17.0 Å². The molecule has 6 nitrogen and oxygen atoms in total. The van der Waals surface area contributed by atoms with Crippen LogP contribution >= 0.6 is 11.6 Å². The van der Waals surface area contributed by atoms with Gasteiger partial charge in [0.2, 0.25) is 0 Å². The van der Waals surface area contributed by atoms with Gasteiger partial charge in [-0.3, -0.25) is 5.21 Å². The van der Waals surface area contributed by atoms with Crippen LogP contribution in [0.3, 0.4) is 0 Å². The summed E-state index contributed by atoms with van der Waals surface area (Å²) in [5.41, 5.74) is -0.0925. The maximum absolute atomic E-state index is 10.7. The van der Waals surface area contributed by atoms with Crippen LogP contribution in [0.5, 0.6) is 23.0 Å². The number of anilines is 1. The standard InChI is InChI=1S/C20H26ClNO5/c1-6-20(2,3)12-7-8-16(23)15(9-12)22(25)19(21)14-10-13(26-4)11-17(27-5)18(14)24/h7-11,19,23-25H,6H2,1-5H3. The van der Waals surface area contributed by atoms with E-state index in [1.165, 1.54) is 32.4 Å². The van der Waals surface area contributed by atoms with Crippen LogP contribution in [0.15, 0.2) is 30.3 Å². The van der Waals surface area contributed by atoms with Crippen LogP contribution < -0.4 is 14.5 Å². The third-order valence-electron chi connectivity index (χ3n) is 4.89. The molecule has 148 valence electrons. The first-order valence-electron chi connectivity index (χ1n) is 8.56. The van der Waals surface area contributed by atoms with Gasteiger partial charge in [-0.15, -0.1) is 0 Å². The quantitative estimate of drug-likeness (QED) is 0.350. The van der Waals surface area contributed by atoms with Crippen molar-refractivity contribution in [3.05, 3.63) is 41.5 Å². The van der Waals surface area contributed by atoms with Crippen molar-refractivity contribution < 1.29 is 24.9 Å². The lowest BCUT2D eigenvalue weighted by molar-refractivity contribution is 0.238. The number of aromatic hydroxyl groups is 2. The third-order valence-corrected chi connectivity index (χ3v) is 5.31. The second-order valence-corrected chi connectivity index (χ2v) is 7.30. The van der Waals surface area contributed by atoms with Gasteiger partial charge in [-0.2, -0.15) is 0 Å². The Morgan fingerprint density at radius 1 is 1.11 bits per heavy atom. The molecule has 0 aromatic heterocycles. The fraction of sp³-hybridized carbons (Fsp3) is 0.400. The molecule has 1 unspecified atom stereocenters. The lowest BCUT2D eigenvalue weighted by Gasteiger charge is -2.28. The van der Waals surface area contributed by atoms with Gasteiger partial charge in [-0.25, -0.2) is 5.06 Å².